The van der Waals surface area contributed by atoms with Crippen molar-refractivity contribution in [3.63, 3.8) is 0 Å². The van der Waals surface area contributed by atoms with E-state index in [1.54, 1.807) is 12.5 Å². The van der Waals surface area contributed by atoms with Gasteiger partial charge < -0.3 is 5.11 Å². The Hall–Kier alpha value is -0.380. The van der Waals surface area contributed by atoms with Crippen LogP contribution >= 0.6 is 0 Å². The molecule has 62 valence electrons. The van der Waals surface area contributed by atoms with Crippen molar-refractivity contribution in [2.75, 3.05) is 12.5 Å². The fourth-order valence-corrected chi connectivity index (χ4v) is 0.214. The Labute approximate surface area is 63.9 Å². The summed E-state index contributed by atoms with van der Waals surface area (Å²) in [6.07, 6.45) is 4.30. The Morgan fingerprint density at radius 2 is 1.80 bits per heavy atom. The molecule has 10 heavy (non-hydrogen) atoms. The topological polar surface area (TPSA) is 54.4 Å². The summed E-state index contributed by atoms with van der Waals surface area (Å²) in [4.78, 5) is 9.60. The molecule has 0 aliphatic carbocycles. The number of hydrogen-bond donors (Lipinski definition) is 1. The van der Waals surface area contributed by atoms with Crippen LogP contribution in [0, 0.1) is 0 Å². The zero-order valence-electron chi connectivity index (χ0n) is 6.59. The molecule has 4 heteroatoms. The van der Waals surface area contributed by atoms with E-state index in [0.717, 1.165) is 6.42 Å². The largest absolute Gasteiger partial charge is 0.481 e. The van der Waals surface area contributed by atoms with E-state index in [2.05, 4.69) is 0 Å². The highest BCUT2D eigenvalue weighted by molar-refractivity contribution is 7.83. The van der Waals surface area contributed by atoms with Crippen LogP contribution in [0.5, 0.6) is 0 Å². The minimum absolute atomic E-state index is 0.292. The average Bonchev–Trinajstić information content (AvgIpc) is 1.62. The molecule has 0 atom stereocenters. The van der Waals surface area contributed by atoms with Crippen LogP contribution in [0.4, 0.5) is 0 Å². The van der Waals surface area contributed by atoms with Gasteiger partial charge in [0.1, 0.15) is 0 Å². The first-order valence-electron chi connectivity index (χ1n) is 2.97. The van der Waals surface area contributed by atoms with Gasteiger partial charge in [0.2, 0.25) is 0 Å². The second-order valence-electron chi connectivity index (χ2n) is 1.89. The van der Waals surface area contributed by atoms with Crippen LogP contribution in [0.2, 0.25) is 0 Å². The highest BCUT2D eigenvalue weighted by atomic mass is 32.2. The Morgan fingerprint density at radius 1 is 1.50 bits per heavy atom. The first-order valence-corrected chi connectivity index (χ1v) is 4.94. The van der Waals surface area contributed by atoms with Gasteiger partial charge in [-0.15, -0.1) is 0 Å². The quantitative estimate of drug-likeness (QED) is 0.662. The summed E-state index contributed by atoms with van der Waals surface area (Å²) in [5.41, 5.74) is 0. The molecule has 3 nitrogen and oxygen atoms in total. The van der Waals surface area contributed by atoms with Crippen LogP contribution in [-0.2, 0) is 15.6 Å². The molecule has 0 saturated heterocycles. The molecular formula is C6H14O3S. The van der Waals surface area contributed by atoms with Gasteiger partial charge in [-0.2, -0.15) is 0 Å². The lowest BCUT2D eigenvalue weighted by Crippen LogP contribution is -1.90. The molecule has 0 heterocycles. The second kappa shape index (κ2) is 8.62. The van der Waals surface area contributed by atoms with E-state index in [1.807, 2.05) is 6.92 Å². The van der Waals surface area contributed by atoms with Gasteiger partial charge in [-0.1, -0.05) is 6.92 Å². The van der Waals surface area contributed by atoms with Gasteiger partial charge in [-0.3, -0.25) is 9.00 Å². The Kier molecular flexibility index (Phi) is 10.6. The minimum atomic E-state index is -0.711. The number of aliphatic carboxylic acids is 1. The lowest BCUT2D eigenvalue weighted by molar-refractivity contribution is -0.137. The molecule has 0 spiro atoms. The van der Waals surface area contributed by atoms with E-state index in [-0.39, 0.29) is 0 Å². The summed E-state index contributed by atoms with van der Waals surface area (Å²) in [7, 11) is -0.611. The number of hydrogen-bond acceptors (Lipinski definition) is 2. The van der Waals surface area contributed by atoms with Crippen LogP contribution in [0.15, 0.2) is 0 Å². The van der Waals surface area contributed by atoms with Crippen LogP contribution < -0.4 is 0 Å². The molecule has 0 aliphatic rings. The highest BCUT2D eigenvalue weighted by Crippen LogP contribution is 1.82. The first-order chi connectivity index (χ1) is 4.50. The van der Waals surface area contributed by atoms with Gasteiger partial charge in [0, 0.05) is 29.7 Å². The molecule has 0 fully saturated rings. The zero-order valence-corrected chi connectivity index (χ0v) is 7.40. The summed E-state index contributed by atoms with van der Waals surface area (Å²) < 4.78 is 9.56. The zero-order chi connectivity index (χ0) is 8.57. The van der Waals surface area contributed by atoms with Gasteiger partial charge in [-0.25, -0.2) is 0 Å². The van der Waals surface area contributed by atoms with E-state index in [0.29, 0.717) is 6.42 Å². The lowest BCUT2D eigenvalue weighted by atomic mass is 10.4. The minimum Gasteiger partial charge on any atom is -0.481 e. The smallest absolute Gasteiger partial charge is 0.303 e. The van der Waals surface area contributed by atoms with Gasteiger partial charge >= 0.3 is 5.97 Å². The van der Waals surface area contributed by atoms with Crippen molar-refractivity contribution in [2.45, 2.75) is 19.8 Å². The molecule has 0 aromatic heterocycles. The van der Waals surface area contributed by atoms with Crippen molar-refractivity contribution >= 4 is 16.8 Å². The number of carbonyl (C=O) groups is 1. The van der Waals surface area contributed by atoms with E-state index in [1.165, 1.54) is 0 Å². The third kappa shape index (κ3) is 48.6. The van der Waals surface area contributed by atoms with Gasteiger partial charge in [-0.05, 0) is 6.42 Å². The van der Waals surface area contributed by atoms with E-state index in [4.69, 9.17) is 5.11 Å². The number of carboxylic acid groups (broad SMARTS) is 1. The maximum absolute atomic E-state index is 9.60. The van der Waals surface area contributed by atoms with Crippen molar-refractivity contribution in [2.24, 2.45) is 0 Å². The fraction of sp³-hybridized carbons (Fsp3) is 0.833. The maximum Gasteiger partial charge on any atom is 0.303 e. The Balaban J connectivity index is 0. The summed E-state index contributed by atoms with van der Waals surface area (Å²) in [6.45, 7) is 1.84. The predicted octanol–water partition coefficient (Wildman–Crippen LogP) is 0.866. The third-order valence-corrected chi connectivity index (χ3v) is 0.464. The number of carboxylic acids is 1. The third-order valence-electron chi connectivity index (χ3n) is 0.464. The fourth-order valence-electron chi connectivity index (χ4n) is 0.214. The second-order valence-corrected chi connectivity index (χ2v) is 3.37. The van der Waals surface area contributed by atoms with Gasteiger partial charge in [0.25, 0.3) is 0 Å². The molecule has 0 aromatic rings. The van der Waals surface area contributed by atoms with Crippen molar-refractivity contribution < 1.29 is 14.1 Å². The molecule has 0 bridgehead atoms. The molecule has 0 aromatic carbocycles. The first kappa shape index (κ1) is 12.3. The summed E-state index contributed by atoms with van der Waals surface area (Å²) in [6, 6.07) is 0. The summed E-state index contributed by atoms with van der Waals surface area (Å²) in [5, 5.41) is 7.91. The number of rotatable bonds is 2. The average molecular weight is 166 g/mol. The van der Waals surface area contributed by atoms with Gasteiger partial charge in [0.05, 0.1) is 0 Å². The van der Waals surface area contributed by atoms with Gasteiger partial charge in [0.15, 0.2) is 0 Å². The Morgan fingerprint density at radius 3 is 1.80 bits per heavy atom. The van der Waals surface area contributed by atoms with Crippen molar-refractivity contribution in [1.29, 1.82) is 0 Å². The standard InChI is InChI=1S/C4H8O2.C2H6OS/c1-2-3-4(5)6;1-4(2)3/h2-3H2,1H3,(H,5,6);1-2H3. The highest BCUT2D eigenvalue weighted by Gasteiger charge is 1.87. The maximum atomic E-state index is 9.60. The SMILES string of the molecule is CCCC(=O)O.CS(C)=O. The monoisotopic (exact) mass is 166 g/mol. The van der Waals surface area contributed by atoms with Crippen molar-refractivity contribution in [1.82, 2.24) is 0 Å². The van der Waals surface area contributed by atoms with E-state index < -0.39 is 16.8 Å². The summed E-state index contributed by atoms with van der Waals surface area (Å²) in [5.74, 6) is -0.711. The van der Waals surface area contributed by atoms with Crippen LogP contribution in [0.25, 0.3) is 0 Å². The molecule has 0 aliphatic heterocycles. The molecule has 0 amide bonds. The lowest BCUT2D eigenvalue weighted by Gasteiger charge is -1.79. The molecular weight excluding hydrogens is 152 g/mol. The normalized spacial score (nSPS) is 8.40. The predicted molar refractivity (Wildman–Crippen MR) is 42.5 cm³/mol. The molecule has 0 rings (SSSR count). The molecule has 0 radical (unpaired) electrons. The molecule has 1 N–H and O–H groups in total. The van der Waals surface area contributed by atoms with Crippen LogP contribution in [0.1, 0.15) is 19.8 Å². The van der Waals surface area contributed by atoms with Crippen LogP contribution in [0.3, 0.4) is 0 Å². The molecule has 0 saturated carbocycles. The van der Waals surface area contributed by atoms with E-state index >= 15 is 0 Å². The summed E-state index contributed by atoms with van der Waals surface area (Å²) >= 11 is 0. The van der Waals surface area contributed by atoms with Crippen LogP contribution in [-0.4, -0.2) is 27.8 Å². The Bertz CT molecular complexity index is 108. The van der Waals surface area contributed by atoms with E-state index in [9.17, 15) is 9.00 Å². The van der Waals surface area contributed by atoms with Crippen molar-refractivity contribution in [3.05, 3.63) is 0 Å². The van der Waals surface area contributed by atoms with Crippen molar-refractivity contribution in [3.8, 4) is 0 Å². The molecule has 0 unspecified atom stereocenters.